The predicted molar refractivity (Wildman–Crippen MR) is 94.3 cm³/mol. The molecular formula is C19H21NO4. The zero-order valence-electron chi connectivity index (χ0n) is 14.1. The molecule has 0 bridgehead atoms. The molecule has 0 fully saturated rings. The Kier molecular flexibility index (Phi) is 5.84. The van der Waals surface area contributed by atoms with Gasteiger partial charge in [0.25, 0.3) is 0 Å². The molecule has 0 amide bonds. The van der Waals surface area contributed by atoms with Gasteiger partial charge in [0.2, 0.25) is 0 Å². The SMILES string of the molecule is C=C(CC(=O)c1ccc(OC)cc1)Nc1ccc(OC)cc1OC. The molecule has 0 aromatic heterocycles. The van der Waals surface area contributed by atoms with Crippen molar-refractivity contribution in [3.8, 4) is 17.2 Å². The summed E-state index contributed by atoms with van der Waals surface area (Å²) in [7, 11) is 4.75. The first-order valence-corrected chi connectivity index (χ1v) is 7.41. The van der Waals surface area contributed by atoms with Gasteiger partial charge in [-0.3, -0.25) is 4.79 Å². The molecule has 1 N–H and O–H groups in total. The fourth-order valence-electron chi connectivity index (χ4n) is 2.21. The number of nitrogens with one attached hydrogen (secondary N) is 1. The predicted octanol–water partition coefficient (Wildman–Crippen LogP) is 3.91. The number of hydrogen-bond donors (Lipinski definition) is 1. The van der Waals surface area contributed by atoms with Crippen molar-refractivity contribution >= 4 is 11.5 Å². The van der Waals surface area contributed by atoms with Gasteiger partial charge in [0.15, 0.2) is 5.78 Å². The number of hydrogen-bond acceptors (Lipinski definition) is 5. The topological polar surface area (TPSA) is 56.8 Å². The largest absolute Gasteiger partial charge is 0.497 e. The lowest BCUT2D eigenvalue weighted by Gasteiger charge is -2.14. The van der Waals surface area contributed by atoms with E-state index >= 15 is 0 Å². The molecule has 24 heavy (non-hydrogen) atoms. The van der Waals surface area contributed by atoms with Crippen LogP contribution in [0.5, 0.6) is 17.2 Å². The van der Waals surface area contributed by atoms with Gasteiger partial charge in [0, 0.05) is 17.3 Å². The molecular weight excluding hydrogens is 306 g/mol. The molecule has 0 aliphatic heterocycles. The highest BCUT2D eigenvalue weighted by atomic mass is 16.5. The fraction of sp³-hybridized carbons (Fsp3) is 0.211. The highest BCUT2D eigenvalue weighted by molar-refractivity contribution is 5.97. The number of anilines is 1. The number of ketones is 1. The first-order valence-electron chi connectivity index (χ1n) is 7.41. The van der Waals surface area contributed by atoms with Gasteiger partial charge in [0.05, 0.1) is 33.4 Å². The Morgan fingerprint density at radius 1 is 0.958 bits per heavy atom. The maximum atomic E-state index is 12.3. The fourth-order valence-corrected chi connectivity index (χ4v) is 2.21. The molecule has 0 heterocycles. The maximum Gasteiger partial charge on any atom is 0.168 e. The molecule has 0 aliphatic carbocycles. The molecule has 0 spiro atoms. The standard InChI is InChI=1S/C19H21NO4/c1-13(11-18(21)14-5-7-15(22-2)8-6-14)20-17-10-9-16(23-3)12-19(17)24-4/h5-10,12,20H,1,11H2,2-4H3. The Balaban J connectivity index is 2.03. The third-order valence-electron chi connectivity index (χ3n) is 3.51. The van der Waals surface area contributed by atoms with Crippen molar-refractivity contribution in [3.05, 3.63) is 60.3 Å². The molecule has 2 aromatic rings. The van der Waals surface area contributed by atoms with Crippen LogP contribution in [0.15, 0.2) is 54.7 Å². The lowest BCUT2D eigenvalue weighted by molar-refractivity contribution is 0.0993. The zero-order chi connectivity index (χ0) is 17.5. The summed E-state index contributed by atoms with van der Waals surface area (Å²) in [6.07, 6.45) is 0.182. The summed E-state index contributed by atoms with van der Waals surface area (Å²) in [6, 6.07) is 12.4. The van der Waals surface area contributed by atoms with Gasteiger partial charge >= 0.3 is 0 Å². The van der Waals surface area contributed by atoms with Crippen LogP contribution in [0.4, 0.5) is 5.69 Å². The van der Waals surface area contributed by atoms with E-state index in [1.54, 1.807) is 51.7 Å². The summed E-state index contributed by atoms with van der Waals surface area (Å²) < 4.78 is 15.6. The summed E-state index contributed by atoms with van der Waals surface area (Å²) in [5.74, 6) is 2.00. The molecule has 5 nitrogen and oxygen atoms in total. The molecule has 0 saturated carbocycles. The van der Waals surface area contributed by atoms with Gasteiger partial charge in [-0.15, -0.1) is 0 Å². The Bertz CT molecular complexity index is 723. The van der Waals surface area contributed by atoms with Crippen LogP contribution in [0.3, 0.4) is 0 Å². The summed E-state index contributed by atoms with van der Waals surface area (Å²) in [6.45, 7) is 3.92. The summed E-state index contributed by atoms with van der Waals surface area (Å²) in [4.78, 5) is 12.3. The third kappa shape index (κ3) is 4.29. The second kappa shape index (κ2) is 8.06. The molecule has 0 saturated heterocycles. The average molecular weight is 327 g/mol. The average Bonchev–Trinajstić information content (AvgIpc) is 2.61. The minimum Gasteiger partial charge on any atom is -0.497 e. The van der Waals surface area contributed by atoms with Crippen molar-refractivity contribution < 1.29 is 19.0 Å². The highest BCUT2D eigenvalue weighted by Crippen LogP contribution is 2.30. The Morgan fingerprint density at radius 2 is 1.58 bits per heavy atom. The van der Waals surface area contributed by atoms with Crippen LogP contribution in [0, 0.1) is 0 Å². The number of rotatable bonds is 8. The van der Waals surface area contributed by atoms with E-state index in [9.17, 15) is 4.79 Å². The third-order valence-corrected chi connectivity index (χ3v) is 3.51. The van der Waals surface area contributed by atoms with E-state index < -0.39 is 0 Å². The molecule has 2 aromatic carbocycles. The van der Waals surface area contributed by atoms with E-state index in [-0.39, 0.29) is 12.2 Å². The number of Topliss-reactive ketones (excluding diaryl/α,β-unsaturated/α-hetero) is 1. The first kappa shape index (κ1) is 17.4. The van der Waals surface area contributed by atoms with E-state index in [2.05, 4.69) is 11.9 Å². The van der Waals surface area contributed by atoms with Crippen LogP contribution in [-0.2, 0) is 0 Å². The smallest absolute Gasteiger partial charge is 0.168 e. The lowest BCUT2D eigenvalue weighted by atomic mass is 10.1. The van der Waals surface area contributed by atoms with Gasteiger partial charge in [-0.2, -0.15) is 0 Å². The van der Waals surface area contributed by atoms with Crippen molar-refractivity contribution in [2.24, 2.45) is 0 Å². The zero-order valence-corrected chi connectivity index (χ0v) is 14.1. The minimum absolute atomic E-state index is 0.0253. The second-order valence-electron chi connectivity index (χ2n) is 5.12. The molecule has 0 atom stereocenters. The van der Waals surface area contributed by atoms with E-state index in [0.717, 1.165) is 5.69 Å². The molecule has 5 heteroatoms. The van der Waals surface area contributed by atoms with Crippen LogP contribution < -0.4 is 19.5 Å². The normalized spacial score (nSPS) is 9.96. The van der Waals surface area contributed by atoms with Crippen LogP contribution in [0.2, 0.25) is 0 Å². The van der Waals surface area contributed by atoms with E-state index in [1.165, 1.54) is 0 Å². The van der Waals surface area contributed by atoms with Crippen molar-refractivity contribution in [1.82, 2.24) is 0 Å². The van der Waals surface area contributed by atoms with E-state index in [4.69, 9.17) is 14.2 Å². The summed E-state index contributed by atoms with van der Waals surface area (Å²) in [5, 5.41) is 3.12. The number of carbonyl (C=O) groups is 1. The van der Waals surface area contributed by atoms with Crippen LogP contribution in [-0.4, -0.2) is 27.1 Å². The Hall–Kier alpha value is -2.95. The Morgan fingerprint density at radius 3 is 2.17 bits per heavy atom. The lowest BCUT2D eigenvalue weighted by Crippen LogP contribution is -2.07. The van der Waals surface area contributed by atoms with Crippen molar-refractivity contribution in [2.75, 3.05) is 26.6 Å². The number of methoxy groups -OCH3 is 3. The van der Waals surface area contributed by atoms with Crippen LogP contribution in [0.1, 0.15) is 16.8 Å². The van der Waals surface area contributed by atoms with Gasteiger partial charge in [-0.1, -0.05) is 6.58 Å². The highest BCUT2D eigenvalue weighted by Gasteiger charge is 2.11. The molecule has 0 radical (unpaired) electrons. The summed E-state index contributed by atoms with van der Waals surface area (Å²) in [5.41, 5.74) is 1.92. The van der Waals surface area contributed by atoms with Crippen molar-refractivity contribution in [1.29, 1.82) is 0 Å². The number of carbonyl (C=O) groups excluding carboxylic acids is 1. The molecule has 0 aliphatic rings. The quantitative estimate of drug-likeness (QED) is 0.745. The van der Waals surface area contributed by atoms with Crippen LogP contribution in [0.25, 0.3) is 0 Å². The second-order valence-corrected chi connectivity index (χ2v) is 5.12. The number of ether oxygens (including phenoxy) is 3. The minimum atomic E-state index is -0.0253. The van der Waals surface area contributed by atoms with E-state index in [0.29, 0.717) is 28.5 Å². The first-order chi connectivity index (χ1) is 11.6. The molecule has 126 valence electrons. The maximum absolute atomic E-state index is 12.3. The van der Waals surface area contributed by atoms with Gasteiger partial charge in [0.1, 0.15) is 17.2 Å². The van der Waals surface area contributed by atoms with Gasteiger partial charge < -0.3 is 19.5 Å². The number of benzene rings is 2. The van der Waals surface area contributed by atoms with Crippen molar-refractivity contribution in [3.63, 3.8) is 0 Å². The van der Waals surface area contributed by atoms with Gasteiger partial charge in [-0.05, 0) is 36.4 Å². The van der Waals surface area contributed by atoms with Crippen LogP contribution >= 0.6 is 0 Å². The summed E-state index contributed by atoms with van der Waals surface area (Å²) >= 11 is 0. The Labute approximate surface area is 141 Å². The number of allylic oxidation sites excluding steroid dienone is 1. The van der Waals surface area contributed by atoms with Crippen molar-refractivity contribution in [2.45, 2.75) is 6.42 Å². The van der Waals surface area contributed by atoms with E-state index in [1.807, 2.05) is 12.1 Å². The molecule has 0 unspecified atom stereocenters. The molecule has 2 rings (SSSR count). The van der Waals surface area contributed by atoms with Gasteiger partial charge in [-0.25, -0.2) is 0 Å². The monoisotopic (exact) mass is 327 g/mol.